The summed E-state index contributed by atoms with van der Waals surface area (Å²) in [5, 5.41) is 11.7. The molecule has 0 amide bonds. The van der Waals surface area contributed by atoms with Crippen LogP contribution in [0.2, 0.25) is 0 Å². The Morgan fingerprint density at radius 2 is 1.15 bits per heavy atom. The lowest BCUT2D eigenvalue weighted by atomic mass is 9.85. The van der Waals surface area contributed by atoms with Crippen molar-refractivity contribution in [2.24, 2.45) is 0 Å². The maximum Gasteiger partial charge on any atom is 0.336 e. The molecule has 0 fully saturated rings. The number of carboxylic acid groups (broad SMARTS) is 1. The summed E-state index contributed by atoms with van der Waals surface area (Å²) in [6.45, 7) is 0. The van der Waals surface area contributed by atoms with Crippen LogP contribution in [0.3, 0.4) is 0 Å². The van der Waals surface area contributed by atoms with Gasteiger partial charge in [0.2, 0.25) is 0 Å². The van der Waals surface area contributed by atoms with Crippen molar-refractivity contribution in [3.63, 3.8) is 0 Å². The second-order valence-corrected chi connectivity index (χ2v) is 9.20. The Bertz CT molecular complexity index is 1480. The molecule has 0 saturated carbocycles. The Balaban J connectivity index is 2.03. The third kappa shape index (κ3) is 3.87. The average molecular weight is 542 g/mol. The molecule has 0 radical (unpaired) electrons. The standard InChI is InChI=1S/C29H19IO3/c31-29(32)24-18-22-16-17-23(19-10-4-1-5-11-19)25(20-12-6-2-7-13-20)26(22)27(28(24)30-33)21-14-8-3-9-15-21/h1-18H,(H,31,32). The highest BCUT2D eigenvalue weighted by atomic mass is 127. The molecule has 0 aliphatic rings. The quantitative estimate of drug-likeness (QED) is 0.229. The van der Waals surface area contributed by atoms with Crippen LogP contribution in [0.1, 0.15) is 10.4 Å². The van der Waals surface area contributed by atoms with Crippen molar-refractivity contribution in [2.75, 3.05) is 0 Å². The smallest absolute Gasteiger partial charge is 0.336 e. The van der Waals surface area contributed by atoms with E-state index in [-0.39, 0.29) is 5.56 Å². The van der Waals surface area contributed by atoms with Gasteiger partial charge in [-0.2, -0.15) is 0 Å². The van der Waals surface area contributed by atoms with Gasteiger partial charge < -0.3 is 5.11 Å². The van der Waals surface area contributed by atoms with E-state index >= 15 is 0 Å². The first kappa shape index (κ1) is 21.2. The van der Waals surface area contributed by atoms with Crippen LogP contribution in [-0.4, -0.2) is 11.1 Å². The maximum atomic E-state index is 12.5. The van der Waals surface area contributed by atoms with Crippen molar-refractivity contribution in [1.29, 1.82) is 0 Å². The molecule has 0 atom stereocenters. The Morgan fingerprint density at radius 1 is 0.636 bits per heavy atom. The molecule has 0 heterocycles. The molecule has 5 aromatic carbocycles. The third-order valence-electron chi connectivity index (χ3n) is 5.76. The van der Waals surface area contributed by atoms with E-state index in [2.05, 4.69) is 24.3 Å². The van der Waals surface area contributed by atoms with E-state index in [1.165, 1.54) is 0 Å². The first-order chi connectivity index (χ1) is 16.2. The third-order valence-corrected chi connectivity index (χ3v) is 7.32. The van der Waals surface area contributed by atoms with Crippen molar-refractivity contribution < 1.29 is 13.0 Å². The summed E-state index contributed by atoms with van der Waals surface area (Å²) in [5.41, 5.74) is 5.85. The molecule has 0 aliphatic heterocycles. The van der Waals surface area contributed by atoms with Crippen LogP contribution in [0.15, 0.2) is 109 Å². The molecule has 0 bridgehead atoms. The van der Waals surface area contributed by atoms with Crippen LogP contribution < -0.4 is 0 Å². The molecule has 0 aromatic heterocycles. The van der Waals surface area contributed by atoms with Crippen molar-refractivity contribution in [2.45, 2.75) is 0 Å². The van der Waals surface area contributed by atoms with Gasteiger partial charge in [-0.3, -0.25) is 3.07 Å². The molecule has 0 saturated heterocycles. The minimum Gasteiger partial charge on any atom is -0.478 e. The first-order valence-corrected chi connectivity index (χ1v) is 12.5. The predicted molar refractivity (Wildman–Crippen MR) is 141 cm³/mol. The summed E-state index contributed by atoms with van der Waals surface area (Å²) in [6.07, 6.45) is 0. The monoisotopic (exact) mass is 542 g/mol. The largest absolute Gasteiger partial charge is 0.478 e. The van der Waals surface area contributed by atoms with Crippen molar-refractivity contribution in [3.8, 4) is 33.4 Å². The van der Waals surface area contributed by atoms with Crippen molar-refractivity contribution in [1.82, 2.24) is 0 Å². The number of benzene rings is 5. The number of fused-ring (bicyclic) bond motifs is 1. The molecule has 4 heteroatoms. The van der Waals surface area contributed by atoms with Crippen LogP contribution in [0, 0.1) is 3.57 Å². The number of carboxylic acids is 1. The van der Waals surface area contributed by atoms with E-state index in [1.807, 2.05) is 78.9 Å². The fourth-order valence-electron chi connectivity index (χ4n) is 4.35. The van der Waals surface area contributed by atoms with Gasteiger partial charge in [0, 0.05) is 5.56 Å². The molecule has 3 nitrogen and oxygen atoms in total. The topological polar surface area (TPSA) is 54.4 Å². The first-order valence-electron chi connectivity index (χ1n) is 10.5. The normalized spacial score (nSPS) is 10.9. The van der Waals surface area contributed by atoms with Gasteiger partial charge in [-0.05, 0) is 44.7 Å². The number of hydrogen-bond acceptors (Lipinski definition) is 2. The van der Waals surface area contributed by atoms with E-state index in [1.54, 1.807) is 6.07 Å². The van der Waals surface area contributed by atoms with Crippen LogP contribution in [0.4, 0.5) is 0 Å². The molecule has 33 heavy (non-hydrogen) atoms. The number of halogens is 1. The van der Waals surface area contributed by atoms with Gasteiger partial charge in [0.25, 0.3) is 0 Å². The molecule has 160 valence electrons. The van der Waals surface area contributed by atoms with E-state index in [9.17, 15) is 13.0 Å². The summed E-state index contributed by atoms with van der Waals surface area (Å²) in [5.74, 6) is -1.06. The molecule has 0 aliphatic carbocycles. The zero-order chi connectivity index (χ0) is 22.8. The number of hydrogen-bond donors (Lipinski definition) is 1. The van der Waals surface area contributed by atoms with Crippen molar-refractivity contribution >= 4 is 37.9 Å². The SMILES string of the molecule is O=Ic1c(C(=O)O)cc2ccc(-c3ccccc3)c(-c3ccccc3)c2c1-c1ccccc1. The molecular weight excluding hydrogens is 523 g/mol. The number of rotatable bonds is 5. The minimum absolute atomic E-state index is 0.107. The van der Waals surface area contributed by atoms with Gasteiger partial charge >= 0.3 is 5.97 Å². The predicted octanol–water partition coefficient (Wildman–Crippen LogP) is 8.02. The molecule has 5 rings (SSSR count). The zero-order valence-electron chi connectivity index (χ0n) is 17.5. The van der Waals surface area contributed by atoms with E-state index < -0.39 is 27.2 Å². The fraction of sp³-hybridized carbons (Fsp3) is 0. The van der Waals surface area contributed by atoms with Crippen LogP contribution >= 0.6 is 21.2 Å². The number of aromatic carboxylic acids is 1. The van der Waals surface area contributed by atoms with Crippen LogP contribution in [0.5, 0.6) is 0 Å². The van der Waals surface area contributed by atoms with Gasteiger partial charge in [0.05, 0.1) is 9.13 Å². The Kier molecular flexibility index (Phi) is 5.84. The second-order valence-electron chi connectivity index (χ2n) is 7.68. The number of carbonyl (C=O) groups is 1. The molecule has 1 N–H and O–H groups in total. The summed E-state index contributed by atoms with van der Waals surface area (Å²) in [4.78, 5) is 12.1. The molecule has 0 spiro atoms. The fourth-order valence-corrected chi connectivity index (χ4v) is 5.77. The highest BCUT2D eigenvalue weighted by molar-refractivity contribution is 14.1. The van der Waals surface area contributed by atoms with Gasteiger partial charge in [-0.25, -0.2) is 4.79 Å². The molecule has 0 unspecified atom stereocenters. The van der Waals surface area contributed by atoms with E-state index in [0.717, 1.165) is 44.2 Å². The summed E-state index contributed by atoms with van der Waals surface area (Å²) < 4.78 is 13.0. The summed E-state index contributed by atoms with van der Waals surface area (Å²) in [6, 6.07) is 35.6. The van der Waals surface area contributed by atoms with Gasteiger partial charge in [-0.15, -0.1) is 0 Å². The zero-order valence-corrected chi connectivity index (χ0v) is 19.7. The Hall–Kier alpha value is -3.64. The Labute approximate surface area is 202 Å². The summed E-state index contributed by atoms with van der Waals surface area (Å²) >= 11 is -1.75. The van der Waals surface area contributed by atoms with Gasteiger partial charge in [0.1, 0.15) is 0 Å². The lowest BCUT2D eigenvalue weighted by Gasteiger charge is -2.19. The van der Waals surface area contributed by atoms with E-state index in [0.29, 0.717) is 3.57 Å². The minimum atomic E-state index is -1.75. The lowest BCUT2D eigenvalue weighted by molar-refractivity contribution is 0.0696. The molecular formula is C29H19IO3. The highest BCUT2D eigenvalue weighted by Crippen LogP contribution is 2.45. The lowest BCUT2D eigenvalue weighted by Crippen LogP contribution is -2.03. The van der Waals surface area contributed by atoms with Crippen LogP contribution in [0.25, 0.3) is 44.2 Å². The Morgan fingerprint density at radius 3 is 1.67 bits per heavy atom. The van der Waals surface area contributed by atoms with E-state index in [4.69, 9.17) is 0 Å². The van der Waals surface area contributed by atoms with Crippen molar-refractivity contribution in [3.05, 3.63) is 118 Å². The second kappa shape index (κ2) is 9.08. The average Bonchev–Trinajstić information content (AvgIpc) is 2.88. The van der Waals surface area contributed by atoms with Gasteiger partial charge in [0.15, 0.2) is 21.2 Å². The highest BCUT2D eigenvalue weighted by Gasteiger charge is 2.23. The maximum absolute atomic E-state index is 12.5. The molecule has 5 aromatic rings. The van der Waals surface area contributed by atoms with Gasteiger partial charge in [-0.1, -0.05) is 103 Å². The summed E-state index contributed by atoms with van der Waals surface area (Å²) in [7, 11) is 0. The van der Waals surface area contributed by atoms with Crippen LogP contribution in [-0.2, 0) is 3.07 Å².